The zero-order valence-corrected chi connectivity index (χ0v) is 5.22. The van der Waals surface area contributed by atoms with Gasteiger partial charge in [-0.25, -0.2) is 4.79 Å². The summed E-state index contributed by atoms with van der Waals surface area (Å²) >= 11 is 0. The van der Waals surface area contributed by atoms with Crippen LogP contribution in [0, 0.1) is 0 Å². The van der Waals surface area contributed by atoms with E-state index in [2.05, 4.69) is 10.3 Å². The van der Waals surface area contributed by atoms with Crippen molar-refractivity contribution in [3.63, 3.8) is 0 Å². The Morgan fingerprint density at radius 2 is 2.22 bits per heavy atom. The van der Waals surface area contributed by atoms with Crippen LogP contribution in [-0.2, 0) is 0 Å². The van der Waals surface area contributed by atoms with Gasteiger partial charge in [-0.2, -0.15) is 4.99 Å². The topological polar surface area (TPSA) is 93.5 Å². The van der Waals surface area contributed by atoms with Crippen LogP contribution in [0.15, 0.2) is 4.99 Å². The SMILES string of the molecule is CCNC(=O)N=C(N)N. The molecule has 0 aliphatic heterocycles. The van der Waals surface area contributed by atoms with Crippen LogP contribution in [0.5, 0.6) is 0 Å². The van der Waals surface area contributed by atoms with E-state index in [-0.39, 0.29) is 5.96 Å². The van der Waals surface area contributed by atoms with Crippen molar-refractivity contribution >= 4 is 12.0 Å². The van der Waals surface area contributed by atoms with E-state index in [9.17, 15) is 4.79 Å². The van der Waals surface area contributed by atoms with Crippen molar-refractivity contribution in [1.82, 2.24) is 5.32 Å². The molecule has 0 saturated carbocycles. The Kier molecular flexibility index (Phi) is 3.19. The van der Waals surface area contributed by atoms with Gasteiger partial charge < -0.3 is 16.8 Å². The van der Waals surface area contributed by atoms with Crippen LogP contribution in [0.3, 0.4) is 0 Å². The highest BCUT2D eigenvalue weighted by Crippen LogP contribution is 1.69. The van der Waals surface area contributed by atoms with Crippen molar-refractivity contribution in [1.29, 1.82) is 0 Å². The molecule has 0 unspecified atom stereocenters. The van der Waals surface area contributed by atoms with Crippen LogP contribution >= 0.6 is 0 Å². The Hall–Kier alpha value is -1.26. The number of nitrogens with two attached hydrogens (primary N) is 2. The first-order valence-electron chi connectivity index (χ1n) is 2.54. The highest BCUT2D eigenvalue weighted by Gasteiger charge is 1.91. The van der Waals surface area contributed by atoms with Gasteiger partial charge in [-0.15, -0.1) is 0 Å². The van der Waals surface area contributed by atoms with Gasteiger partial charge in [-0.3, -0.25) is 0 Å². The molecule has 0 aromatic carbocycles. The molecule has 0 fully saturated rings. The third-order valence-electron chi connectivity index (χ3n) is 0.559. The average molecular weight is 130 g/mol. The Balaban J connectivity index is 3.63. The van der Waals surface area contributed by atoms with Crippen LogP contribution in [0.25, 0.3) is 0 Å². The van der Waals surface area contributed by atoms with Crippen molar-refractivity contribution in [2.75, 3.05) is 6.54 Å². The van der Waals surface area contributed by atoms with Crippen molar-refractivity contribution in [2.45, 2.75) is 6.92 Å². The Bertz CT molecular complexity index is 127. The zero-order valence-electron chi connectivity index (χ0n) is 5.22. The van der Waals surface area contributed by atoms with Crippen LogP contribution in [-0.4, -0.2) is 18.5 Å². The lowest BCUT2D eigenvalue weighted by Crippen LogP contribution is -2.28. The largest absolute Gasteiger partial charge is 0.370 e. The summed E-state index contributed by atoms with van der Waals surface area (Å²) in [4.78, 5) is 13.6. The average Bonchev–Trinajstić information content (AvgIpc) is 1.63. The van der Waals surface area contributed by atoms with Crippen LogP contribution in [0.1, 0.15) is 6.92 Å². The molecule has 0 aliphatic carbocycles. The number of hydrogen-bond donors (Lipinski definition) is 3. The van der Waals surface area contributed by atoms with Gasteiger partial charge in [0, 0.05) is 6.54 Å². The summed E-state index contributed by atoms with van der Waals surface area (Å²) in [5.41, 5.74) is 9.78. The van der Waals surface area contributed by atoms with Crippen LogP contribution in [0.4, 0.5) is 4.79 Å². The van der Waals surface area contributed by atoms with Gasteiger partial charge in [-0.05, 0) is 6.92 Å². The van der Waals surface area contributed by atoms with E-state index in [1.54, 1.807) is 6.92 Å². The van der Waals surface area contributed by atoms with Gasteiger partial charge in [0.1, 0.15) is 0 Å². The lowest BCUT2D eigenvalue weighted by atomic mass is 10.7. The minimum absolute atomic E-state index is 0.221. The maximum Gasteiger partial charge on any atom is 0.344 e. The standard InChI is InChI=1S/C4H10N4O/c1-2-7-4(9)8-3(5)6/h2H2,1H3,(H5,5,6,7,8,9). The summed E-state index contributed by atoms with van der Waals surface area (Å²) in [5.74, 6) is -0.221. The van der Waals surface area contributed by atoms with Gasteiger partial charge in [0.15, 0.2) is 5.96 Å². The fraction of sp³-hybridized carbons (Fsp3) is 0.500. The predicted molar refractivity (Wildman–Crippen MR) is 34.9 cm³/mol. The van der Waals surface area contributed by atoms with Crippen LogP contribution < -0.4 is 16.8 Å². The normalized spacial score (nSPS) is 8.11. The first-order valence-corrected chi connectivity index (χ1v) is 2.54. The summed E-state index contributed by atoms with van der Waals surface area (Å²) in [7, 11) is 0. The second-order valence-electron chi connectivity index (χ2n) is 1.37. The Morgan fingerprint density at radius 3 is 2.56 bits per heavy atom. The molecule has 5 N–H and O–H groups in total. The molecule has 0 atom stereocenters. The number of rotatable bonds is 1. The molecule has 2 amide bonds. The molecule has 0 bridgehead atoms. The lowest BCUT2D eigenvalue weighted by Gasteiger charge is -1.93. The second-order valence-corrected chi connectivity index (χ2v) is 1.37. The summed E-state index contributed by atoms with van der Waals surface area (Å²) in [6.45, 7) is 2.30. The Morgan fingerprint density at radius 1 is 1.67 bits per heavy atom. The molecule has 9 heavy (non-hydrogen) atoms. The minimum Gasteiger partial charge on any atom is -0.370 e. The number of amides is 2. The van der Waals surface area contributed by atoms with Gasteiger partial charge >= 0.3 is 6.03 Å². The molecule has 0 aromatic rings. The van der Waals surface area contributed by atoms with E-state index in [0.717, 1.165) is 0 Å². The number of nitrogens with zero attached hydrogens (tertiary/aromatic N) is 1. The van der Waals surface area contributed by atoms with Gasteiger partial charge in [-0.1, -0.05) is 0 Å². The quantitative estimate of drug-likeness (QED) is 0.313. The summed E-state index contributed by atoms with van der Waals surface area (Å²) in [6.07, 6.45) is 0. The molecular weight excluding hydrogens is 120 g/mol. The van der Waals surface area contributed by atoms with Crippen molar-refractivity contribution < 1.29 is 4.79 Å². The fourth-order valence-corrected chi connectivity index (χ4v) is 0.308. The molecule has 0 saturated heterocycles. The third-order valence-corrected chi connectivity index (χ3v) is 0.559. The van der Waals surface area contributed by atoms with Crippen molar-refractivity contribution in [3.05, 3.63) is 0 Å². The van der Waals surface area contributed by atoms with E-state index >= 15 is 0 Å². The van der Waals surface area contributed by atoms with Gasteiger partial charge in [0.05, 0.1) is 0 Å². The lowest BCUT2D eigenvalue weighted by molar-refractivity contribution is 0.250. The first-order chi connectivity index (χ1) is 4.16. The Labute approximate surface area is 53.1 Å². The molecule has 0 heterocycles. The second kappa shape index (κ2) is 3.71. The van der Waals surface area contributed by atoms with E-state index < -0.39 is 6.03 Å². The molecular formula is C4H10N4O. The highest BCUT2D eigenvalue weighted by atomic mass is 16.2. The summed E-state index contributed by atoms with van der Waals surface area (Å²) < 4.78 is 0. The van der Waals surface area contributed by atoms with E-state index in [0.29, 0.717) is 6.54 Å². The number of urea groups is 1. The maximum absolute atomic E-state index is 10.4. The molecule has 0 spiro atoms. The third kappa shape index (κ3) is 4.60. The summed E-state index contributed by atoms with van der Waals surface area (Å²) in [6, 6.07) is -0.502. The molecule has 5 heteroatoms. The van der Waals surface area contributed by atoms with E-state index in [1.165, 1.54) is 0 Å². The number of carbonyl (C=O) groups is 1. The fourth-order valence-electron chi connectivity index (χ4n) is 0.308. The number of carbonyl (C=O) groups excluding carboxylic acids is 1. The van der Waals surface area contributed by atoms with Gasteiger partial charge in [0.2, 0.25) is 0 Å². The summed E-state index contributed by atoms with van der Waals surface area (Å²) in [5, 5.41) is 2.39. The number of hydrogen-bond acceptors (Lipinski definition) is 1. The zero-order chi connectivity index (χ0) is 7.28. The minimum atomic E-state index is -0.502. The predicted octanol–water partition coefficient (Wildman–Crippen LogP) is -1.01. The molecule has 0 rings (SSSR count). The first kappa shape index (κ1) is 7.74. The number of guanidine groups is 1. The van der Waals surface area contributed by atoms with Gasteiger partial charge in [0.25, 0.3) is 0 Å². The van der Waals surface area contributed by atoms with E-state index in [4.69, 9.17) is 11.5 Å². The smallest absolute Gasteiger partial charge is 0.344 e. The monoisotopic (exact) mass is 130 g/mol. The van der Waals surface area contributed by atoms with Crippen molar-refractivity contribution in [2.24, 2.45) is 16.5 Å². The molecule has 52 valence electrons. The molecule has 0 aromatic heterocycles. The highest BCUT2D eigenvalue weighted by molar-refractivity contribution is 5.90. The maximum atomic E-state index is 10.4. The molecule has 0 radical (unpaired) electrons. The van der Waals surface area contributed by atoms with E-state index in [1.807, 2.05) is 0 Å². The molecule has 0 aliphatic rings. The molecule has 5 nitrogen and oxygen atoms in total. The van der Waals surface area contributed by atoms with Crippen LogP contribution in [0.2, 0.25) is 0 Å². The van der Waals surface area contributed by atoms with Crippen molar-refractivity contribution in [3.8, 4) is 0 Å². The number of nitrogens with one attached hydrogen (secondary N) is 1. The number of aliphatic imine (C=N–C) groups is 1.